The number of ether oxygens (including phenoxy) is 2. The van der Waals surface area contributed by atoms with Gasteiger partial charge in [0, 0.05) is 25.6 Å². The molecule has 2 rings (SSSR count). The molecule has 2 atom stereocenters. The number of likely N-dealkylation sites (tertiary alicyclic amines) is 1. The zero-order chi connectivity index (χ0) is 20.5. The fourth-order valence-corrected chi connectivity index (χ4v) is 4.15. The van der Waals surface area contributed by atoms with E-state index in [1.165, 1.54) is 0 Å². The van der Waals surface area contributed by atoms with E-state index in [1.807, 2.05) is 11.0 Å². The van der Waals surface area contributed by atoms with Crippen molar-refractivity contribution < 1.29 is 14.3 Å². The summed E-state index contributed by atoms with van der Waals surface area (Å²) in [6, 6.07) is 4.43. The number of nitrogens with zero attached hydrogens (tertiary/aromatic N) is 1. The fourth-order valence-electron chi connectivity index (χ4n) is 3.66. The minimum atomic E-state index is 0.333. The summed E-state index contributed by atoms with van der Waals surface area (Å²) < 4.78 is 11.9. The Balaban J connectivity index is 1.75. The van der Waals surface area contributed by atoms with Crippen LogP contribution in [0.1, 0.15) is 51.5 Å². The Bertz CT molecular complexity index is 638. The second kappa shape index (κ2) is 11.7. The standard InChI is InChI=1S/C22H35BrN2O3/c1-16(13-18-14-21(28-4)19(23)15-20(18)27-3)17(2)24-10-6-8-12-25-11-7-5-9-22(25)26/h14-17,24H,5-13H2,1-4H3. The molecule has 1 aromatic rings. The molecule has 1 amide bonds. The van der Waals surface area contributed by atoms with Gasteiger partial charge < -0.3 is 19.7 Å². The highest BCUT2D eigenvalue weighted by Crippen LogP contribution is 2.34. The van der Waals surface area contributed by atoms with Crippen molar-refractivity contribution in [2.45, 2.75) is 58.4 Å². The van der Waals surface area contributed by atoms with Crippen LogP contribution in [0.3, 0.4) is 0 Å². The molecule has 1 N–H and O–H groups in total. The topological polar surface area (TPSA) is 50.8 Å². The van der Waals surface area contributed by atoms with Crippen LogP contribution in [0.5, 0.6) is 11.5 Å². The van der Waals surface area contributed by atoms with E-state index in [2.05, 4.69) is 41.2 Å². The van der Waals surface area contributed by atoms with Crippen molar-refractivity contribution in [2.24, 2.45) is 5.92 Å². The van der Waals surface area contributed by atoms with Crippen LogP contribution in [-0.2, 0) is 11.2 Å². The van der Waals surface area contributed by atoms with Gasteiger partial charge in [-0.15, -0.1) is 0 Å². The third-order valence-electron chi connectivity index (χ3n) is 5.69. The first-order valence-electron chi connectivity index (χ1n) is 10.4. The van der Waals surface area contributed by atoms with E-state index in [1.54, 1.807) is 14.2 Å². The van der Waals surface area contributed by atoms with E-state index in [9.17, 15) is 4.79 Å². The highest BCUT2D eigenvalue weighted by molar-refractivity contribution is 9.10. The summed E-state index contributed by atoms with van der Waals surface area (Å²) in [5.41, 5.74) is 1.16. The van der Waals surface area contributed by atoms with Gasteiger partial charge in [-0.1, -0.05) is 6.92 Å². The quantitative estimate of drug-likeness (QED) is 0.502. The van der Waals surface area contributed by atoms with Gasteiger partial charge in [-0.05, 0) is 85.1 Å². The van der Waals surface area contributed by atoms with Gasteiger partial charge in [0.25, 0.3) is 0 Å². The van der Waals surface area contributed by atoms with Crippen molar-refractivity contribution in [2.75, 3.05) is 33.9 Å². The molecule has 1 aromatic carbocycles. The van der Waals surface area contributed by atoms with E-state index >= 15 is 0 Å². The largest absolute Gasteiger partial charge is 0.496 e. The molecule has 1 heterocycles. The summed E-state index contributed by atoms with van der Waals surface area (Å²) in [6.45, 7) is 7.33. The predicted molar refractivity (Wildman–Crippen MR) is 117 cm³/mol. The van der Waals surface area contributed by atoms with Gasteiger partial charge in [-0.2, -0.15) is 0 Å². The first-order chi connectivity index (χ1) is 13.5. The molecule has 2 unspecified atom stereocenters. The van der Waals surface area contributed by atoms with Crippen LogP contribution in [0.15, 0.2) is 16.6 Å². The molecule has 158 valence electrons. The minimum Gasteiger partial charge on any atom is -0.496 e. The zero-order valence-corrected chi connectivity index (χ0v) is 19.3. The lowest BCUT2D eigenvalue weighted by Crippen LogP contribution is -2.37. The number of piperidine rings is 1. The number of amides is 1. The average Bonchev–Trinajstić information content (AvgIpc) is 2.69. The smallest absolute Gasteiger partial charge is 0.222 e. The number of unbranched alkanes of at least 4 members (excludes halogenated alkanes) is 1. The van der Waals surface area contributed by atoms with Gasteiger partial charge >= 0.3 is 0 Å². The van der Waals surface area contributed by atoms with Crippen molar-refractivity contribution in [1.29, 1.82) is 0 Å². The van der Waals surface area contributed by atoms with E-state index in [0.29, 0.717) is 17.9 Å². The number of hydrogen-bond acceptors (Lipinski definition) is 4. The van der Waals surface area contributed by atoms with E-state index in [-0.39, 0.29) is 0 Å². The number of carbonyl (C=O) groups excluding carboxylic acids is 1. The second-order valence-corrected chi connectivity index (χ2v) is 8.62. The molecule has 0 aliphatic carbocycles. The molecule has 1 fully saturated rings. The van der Waals surface area contributed by atoms with Crippen LogP contribution < -0.4 is 14.8 Å². The van der Waals surface area contributed by atoms with Gasteiger partial charge in [0.05, 0.1) is 18.7 Å². The van der Waals surface area contributed by atoms with Gasteiger partial charge in [0.2, 0.25) is 5.91 Å². The number of carbonyl (C=O) groups is 1. The Kier molecular flexibility index (Phi) is 9.59. The molecule has 0 saturated carbocycles. The van der Waals surface area contributed by atoms with E-state index in [4.69, 9.17) is 9.47 Å². The number of nitrogens with one attached hydrogen (secondary N) is 1. The van der Waals surface area contributed by atoms with Crippen molar-refractivity contribution in [3.05, 3.63) is 22.2 Å². The summed E-state index contributed by atoms with van der Waals surface area (Å²) in [7, 11) is 3.39. The van der Waals surface area contributed by atoms with Crippen LogP contribution >= 0.6 is 15.9 Å². The molecular formula is C22H35BrN2O3. The maximum Gasteiger partial charge on any atom is 0.222 e. The molecule has 5 nitrogen and oxygen atoms in total. The Morgan fingerprint density at radius 3 is 2.57 bits per heavy atom. The van der Waals surface area contributed by atoms with Crippen LogP contribution in [-0.4, -0.2) is 50.7 Å². The van der Waals surface area contributed by atoms with Crippen LogP contribution in [0.2, 0.25) is 0 Å². The van der Waals surface area contributed by atoms with Gasteiger partial charge in [0.1, 0.15) is 11.5 Å². The summed E-state index contributed by atoms with van der Waals surface area (Å²) in [6.07, 6.45) is 6.03. The van der Waals surface area contributed by atoms with Gasteiger partial charge in [-0.3, -0.25) is 4.79 Å². The Morgan fingerprint density at radius 2 is 1.89 bits per heavy atom. The Labute approximate surface area is 178 Å². The Hall–Kier alpha value is -1.27. The Morgan fingerprint density at radius 1 is 1.14 bits per heavy atom. The summed E-state index contributed by atoms with van der Waals surface area (Å²) in [5, 5.41) is 3.64. The number of halogens is 1. The SMILES string of the molecule is COc1cc(CC(C)C(C)NCCCCN2CCCCC2=O)c(OC)cc1Br. The van der Waals surface area contributed by atoms with Gasteiger partial charge in [-0.25, -0.2) is 0 Å². The summed E-state index contributed by atoms with van der Waals surface area (Å²) in [5.74, 6) is 2.51. The van der Waals surface area contributed by atoms with E-state index < -0.39 is 0 Å². The lowest BCUT2D eigenvalue weighted by molar-refractivity contribution is -0.133. The number of benzene rings is 1. The molecule has 1 aliphatic rings. The lowest BCUT2D eigenvalue weighted by atomic mass is 9.94. The molecule has 0 spiro atoms. The third kappa shape index (κ3) is 6.66. The molecule has 28 heavy (non-hydrogen) atoms. The van der Waals surface area contributed by atoms with Crippen LogP contribution in [0.4, 0.5) is 0 Å². The van der Waals surface area contributed by atoms with Gasteiger partial charge in [0.15, 0.2) is 0 Å². The van der Waals surface area contributed by atoms with Crippen LogP contribution in [0.25, 0.3) is 0 Å². The highest BCUT2D eigenvalue weighted by Gasteiger charge is 2.18. The fraction of sp³-hybridized carbons (Fsp3) is 0.682. The molecule has 1 saturated heterocycles. The molecular weight excluding hydrogens is 420 g/mol. The van der Waals surface area contributed by atoms with Crippen molar-refractivity contribution in [3.8, 4) is 11.5 Å². The number of hydrogen-bond donors (Lipinski definition) is 1. The molecule has 0 aromatic heterocycles. The normalized spacial score (nSPS) is 16.8. The predicted octanol–water partition coefficient (Wildman–Crippen LogP) is 4.42. The van der Waals surface area contributed by atoms with E-state index in [0.717, 1.165) is 79.7 Å². The third-order valence-corrected chi connectivity index (χ3v) is 6.31. The molecule has 6 heteroatoms. The molecule has 0 radical (unpaired) electrons. The monoisotopic (exact) mass is 454 g/mol. The number of methoxy groups -OCH3 is 2. The summed E-state index contributed by atoms with van der Waals surface area (Å²) >= 11 is 3.52. The first kappa shape index (κ1) is 23.0. The second-order valence-electron chi connectivity index (χ2n) is 7.77. The highest BCUT2D eigenvalue weighted by atomic mass is 79.9. The van der Waals surface area contributed by atoms with Crippen LogP contribution in [0, 0.1) is 5.92 Å². The molecule has 1 aliphatic heterocycles. The number of rotatable bonds is 11. The molecule has 0 bridgehead atoms. The zero-order valence-electron chi connectivity index (χ0n) is 17.7. The lowest BCUT2D eigenvalue weighted by Gasteiger charge is -2.27. The average molecular weight is 455 g/mol. The first-order valence-corrected chi connectivity index (χ1v) is 11.2. The summed E-state index contributed by atoms with van der Waals surface area (Å²) in [4.78, 5) is 13.9. The van der Waals surface area contributed by atoms with Crippen molar-refractivity contribution in [3.63, 3.8) is 0 Å². The maximum atomic E-state index is 11.8. The maximum absolute atomic E-state index is 11.8. The van der Waals surface area contributed by atoms with Crippen molar-refractivity contribution in [1.82, 2.24) is 10.2 Å². The minimum absolute atomic E-state index is 0.333. The van der Waals surface area contributed by atoms with Crippen molar-refractivity contribution >= 4 is 21.8 Å².